The van der Waals surface area contributed by atoms with E-state index in [0.29, 0.717) is 5.56 Å². The molecule has 0 saturated carbocycles. The van der Waals surface area contributed by atoms with E-state index in [-0.39, 0.29) is 18.1 Å². The third-order valence-electron chi connectivity index (χ3n) is 6.34. The number of urea groups is 1. The zero-order valence-electron chi connectivity index (χ0n) is 15.8. The number of para-hydroxylation sites is 1. The van der Waals surface area contributed by atoms with Gasteiger partial charge in [0.15, 0.2) is 0 Å². The molecule has 3 aliphatic rings. The van der Waals surface area contributed by atoms with Crippen LogP contribution in [-0.2, 0) is 6.42 Å². The van der Waals surface area contributed by atoms with Crippen molar-refractivity contribution in [2.75, 3.05) is 11.4 Å². The average molecular weight is 369 g/mol. The first-order valence-electron chi connectivity index (χ1n) is 10.1. The fraction of sp³-hybridized carbons (Fsp3) is 0.333. The van der Waals surface area contributed by atoms with E-state index in [2.05, 4.69) is 35.2 Å². The van der Waals surface area contributed by atoms with Crippen molar-refractivity contribution in [1.82, 2.24) is 4.90 Å². The molecule has 3 heterocycles. The number of nitriles is 1. The van der Waals surface area contributed by atoms with E-state index in [0.717, 1.165) is 44.3 Å². The lowest BCUT2D eigenvalue weighted by atomic mass is 9.94. The minimum absolute atomic E-state index is 0.162. The van der Waals surface area contributed by atoms with Gasteiger partial charge in [0.05, 0.1) is 17.7 Å². The number of hydrogen-bond donors (Lipinski definition) is 0. The molecule has 1 fully saturated rings. The van der Waals surface area contributed by atoms with Gasteiger partial charge in [0.1, 0.15) is 0 Å². The van der Waals surface area contributed by atoms with E-state index in [1.807, 2.05) is 35.2 Å². The second kappa shape index (κ2) is 6.83. The maximum atomic E-state index is 13.5. The summed E-state index contributed by atoms with van der Waals surface area (Å²) >= 11 is 0. The fourth-order valence-electron chi connectivity index (χ4n) is 4.97. The van der Waals surface area contributed by atoms with E-state index >= 15 is 0 Å². The summed E-state index contributed by atoms with van der Waals surface area (Å²) in [6.07, 6.45) is 7.34. The Morgan fingerprint density at radius 1 is 1.07 bits per heavy atom. The smallest absolute Gasteiger partial charge is 0.315 e. The van der Waals surface area contributed by atoms with Gasteiger partial charge in [-0.05, 0) is 67.0 Å². The highest BCUT2D eigenvalue weighted by molar-refractivity contribution is 5.94. The molecular weight excluding hydrogens is 346 g/mol. The minimum atomic E-state index is 0.162. The summed E-state index contributed by atoms with van der Waals surface area (Å²) < 4.78 is 0. The Balaban J connectivity index is 1.42. The summed E-state index contributed by atoms with van der Waals surface area (Å²) in [5.74, 6) is 0. The molecule has 0 aliphatic carbocycles. The van der Waals surface area contributed by atoms with Crippen LogP contribution in [-0.4, -0.2) is 29.6 Å². The molecule has 2 bridgehead atoms. The van der Waals surface area contributed by atoms with Gasteiger partial charge in [0.2, 0.25) is 0 Å². The monoisotopic (exact) mass is 369 g/mol. The summed E-state index contributed by atoms with van der Waals surface area (Å²) in [4.78, 5) is 17.6. The van der Waals surface area contributed by atoms with Crippen molar-refractivity contribution in [3.05, 3.63) is 71.3 Å². The maximum absolute atomic E-state index is 13.5. The lowest BCUT2D eigenvalue weighted by Gasteiger charge is -2.39. The van der Waals surface area contributed by atoms with Crippen LogP contribution in [0.5, 0.6) is 0 Å². The molecule has 2 atom stereocenters. The maximum Gasteiger partial charge on any atom is 0.325 e. The average Bonchev–Trinajstić information content (AvgIpc) is 3.02. The molecular formula is C24H23N3O. The van der Waals surface area contributed by atoms with Crippen molar-refractivity contribution in [3.8, 4) is 6.07 Å². The van der Waals surface area contributed by atoms with Gasteiger partial charge >= 0.3 is 6.03 Å². The van der Waals surface area contributed by atoms with E-state index in [1.165, 1.54) is 16.7 Å². The van der Waals surface area contributed by atoms with Crippen LogP contribution in [0.3, 0.4) is 0 Å². The molecule has 2 aromatic carbocycles. The highest BCUT2D eigenvalue weighted by atomic mass is 16.2. The quantitative estimate of drug-likeness (QED) is 0.728. The summed E-state index contributed by atoms with van der Waals surface area (Å²) in [5.41, 5.74) is 5.52. The largest absolute Gasteiger partial charge is 0.325 e. The minimum Gasteiger partial charge on any atom is -0.315 e. The van der Waals surface area contributed by atoms with Crippen molar-refractivity contribution < 1.29 is 4.79 Å². The normalized spacial score (nSPS) is 23.0. The van der Waals surface area contributed by atoms with E-state index in [4.69, 9.17) is 5.26 Å². The Morgan fingerprint density at radius 2 is 1.89 bits per heavy atom. The van der Waals surface area contributed by atoms with Gasteiger partial charge < -0.3 is 4.90 Å². The summed E-state index contributed by atoms with van der Waals surface area (Å²) in [6.45, 7) is 0.804. The van der Waals surface area contributed by atoms with Crippen LogP contribution in [0.2, 0.25) is 0 Å². The predicted molar refractivity (Wildman–Crippen MR) is 110 cm³/mol. The van der Waals surface area contributed by atoms with Gasteiger partial charge in [-0.2, -0.15) is 5.26 Å². The number of carbonyl (C=O) groups is 1. The third kappa shape index (κ3) is 2.79. The number of nitrogens with zero attached hydrogens (tertiary/aromatic N) is 3. The molecule has 0 N–H and O–H groups in total. The predicted octanol–water partition coefficient (Wildman–Crippen LogP) is 4.75. The van der Waals surface area contributed by atoms with Crippen molar-refractivity contribution in [2.24, 2.45) is 0 Å². The number of aryl methyl sites for hydroxylation is 1. The first-order valence-corrected chi connectivity index (χ1v) is 10.1. The van der Waals surface area contributed by atoms with Crippen molar-refractivity contribution in [3.63, 3.8) is 0 Å². The molecule has 28 heavy (non-hydrogen) atoms. The lowest BCUT2D eigenvalue weighted by molar-refractivity contribution is 0.186. The van der Waals surface area contributed by atoms with E-state index < -0.39 is 0 Å². The van der Waals surface area contributed by atoms with Crippen molar-refractivity contribution >= 4 is 17.3 Å². The van der Waals surface area contributed by atoms with Gasteiger partial charge in [-0.15, -0.1) is 0 Å². The third-order valence-corrected chi connectivity index (χ3v) is 6.34. The number of amides is 2. The Labute approximate surface area is 165 Å². The van der Waals surface area contributed by atoms with Gasteiger partial charge in [0, 0.05) is 18.3 Å². The van der Waals surface area contributed by atoms with Crippen LogP contribution in [0.4, 0.5) is 10.5 Å². The van der Waals surface area contributed by atoms with Crippen LogP contribution >= 0.6 is 0 Å². The summed E-state index contributed by atoms with van der Waals surface area (Å²) in [7, 11) is 0. The molecule has 0 aromatic heterocycles. The molecule has 0 radical (unpaired) electrons. The van der Waals surface area contributed by atoms with Gasteiger partial charge in [0.25, 0.3) is 0 Å². The molecule has 5 rings (SSSR count). The number of rotatable bonds is 1. The molecule has 3 aliphatic heterocycles. The van der Waals surface area contributed by atoms with Crippen LogP contribution in [0.25, 0.3) is 5.57 Å². The number of carbonyl (C=O) groups excluding carboxylic acids is 1. The van der Waals surface area contributed by atoms with Crippen LogP contribution < -0.4 is 4.90 Å². The number of benzene rings is 2. The SMILES string of the molecule is N#Cc1ccc(C2=CC3CCC(C2)N3C(=O)N2CCCc3ccccc32)cc1. The van der Waals surface area contributed by atoms with E-state index in [9.17, 15) is 4.79 Å². The lowest BCUT2D eigenvalue weighted by Crippen LogP contribution is -2.51. The Kier molecular flexibility index (Phi) is 4.16. The number of anilines is 1. The van der Waals surface area contributed by atoms with E-state index in [1.54, 1.807) is 0 Å². The standard InChI is InChI=1S/C24H23N3O/c25-16-17-7-9-18(10-8-17)20-14-21-11-12-22(15-20)27(21)24(28)26-13-3-5-19-4-1-2-6-23(19)26/h1-2,4,6-10,14,21-22H,3,5,11-13,15H2. The molecule has 2 amide bonds. The van der Waals surface area contributed by atoms with Crippen LogP contribution in [0.15, 0.2) is 54.6 Å². The van der Waals surface area contributed by atoms with Crippen molar-refractivity contribution in [2.45, 2.75) is 44.2 Å². The fourth-order valence-corrected chi connectivity index (χ4v) is 4.97. The molecule has 0 spiro atoms. The molecule has 140 valence electrons. The van der Waals surface area contributed by atoms with Gasteiger partial charge in [-0.1, -0.05) is 36.4 Å². The Hall–Kier alpha value is -3.06. The topological polar surface area (TPSA) is 47.3 Å². The highest BCUT2D eigenvalue weighted by Gasteiger charge is 2.42. The first-order chi connectivity index (χ1) is 13.7. The zero-order chi connectivity index (χ0) is 19.1. The van der Waals surface area contributed by atoms with Crippen molar-refractivity contribution in [1.29, 1.82) is 5.26 Å². The van der Waals surface area contributed by atoms with Gasteiger partial charge in [-0.25, -0.2) is 4.79 Å². The second-order valence-corrected chi connectivity index (χ2v) is 7.96. The van der Waals surface area contributed by atoms with Crippen LogP contribution in [0, 0.1) is 11.3 Å². The number of hydrogen-bond acceptors (Lipinski definition) is 2. The first kappa shape index (κ1) is 17.1. The molecule has 4 heteroatoms. The Bertz CT molecular complexity index is 986. The molecule has 2 aromatic rings. The highest BCUT2D eigenvalue weighted by Crippen LogP contribution is 2.40. The second-order valence-electron chi connectivity index (χ2n) is 7.96. The molecule has 4 nitrogen and oxygen atoms in total. The zero-order valence-corrected chi connectivity index (χ0v) is 15.8. The number of fused-ring (bicyclic) bond motifs is 3. The summed E-state index contributed by atoms with van der Waals surface area (Å²) in [5, 5.41) is 9.01. The summed E-state index contributed by atoms with van der Waals surface area (Å²) in [6, 6.07) is 18.9. The Morgan fingerprint density at radius 3 is 2.68 bits per heavy atom. The van der Waals surface area contributed by atoms with Gasteiger partial charge in [-0.3, -0.25) is 4.90 Å². The molecule has 1 saturated heterocycles. The van der Waals surface area contributed by atoms with Crippen LogP contribution in [0.1, 0.15) is 42.4 Å². The molecule has 2 unspecified atom stereocenters.